The number of hydrogen-bond acceptors (Lipinski definition) is 6. The molecule has 2 aliphatic rings. The SMILES string of the molecule is NC1=NS(=O)Nc2cccc(OCC3CCCCN3C(=O)Cc3ncccn3)c21. The molecule has 9 nitrogen and oxygen atoms in total. The summed E-state index contributed by atoms with van der Waals surface area (Å²) in [4.78, 5) is 23.0. The van der Waals surface area contributed by atoms with E-state index in [1.54, 1.807) is 36.7 Å². The minimum Gasteiger partial charge on any atom is -0.491 e. The van der Waals surface area contributed by atoms with Crippen molar-refractivity contribution >= 4 is 28.6 Å². The molecular weight excluding hydrogens is 392 g/mol. The molecule has 0 radical (unpaired) electrons. The van der Waals surface area contributed by atoms with Crippen LogP contribution in [-0.4, -0.2) is 50.0 Å². The molecule has 1 saturated heterocycles. The molecule has 2 aromatic rings. The third-order valence-corrected chi connectivity index (χ3v) is 5.73. The summed E-state index contributed by atoms with van der Waals surface area (Å²) in [5.41, 5.74) is 7.18. The van der Waals surface area contributed by atoms with Gasteiger partial charge in [0.15, 0.2) is 0 Å². The van der Waals surface area contributed by atoms with Crippen LogP contribution in [0.5, 0.6) is 5.75 Å². The van der Waals surface area contributed by atoms with Crippen molar-refractivity contribution in [3.63, 3.8) is 0 Å². The number of likely N-dealkylation sites (tertiary alicyclic amines) is 1. The van der Waals surface area contributed by atoms with E-state index < -0.39 is 11.2 Å². The predicted octanol–water partition coefficient (Wildman–Crippen LogP) is 1.19. The lowest BCUT2D eigenvalue weighted by molar-refractivity contribution is -0.135. The van der Waals surface area contributed by atoms with Crippen LogP contribution in [0.4, 0.5) is 5.69 Å². The smallest absolute Gasteiger partial charge is 0.245 e. The summed E-state index contributed by atoms with van der Waals surface area (Å²) in [7, 11) is 0. The van der Waals surface area contributed by atoms with E-state index >= 15 is 0 Å². The summed E-state index contributed by atoms with van der Waals surface area (Å²) in [6.07, 6.45) is 6.32. The lowest BCUT2D eigenvalue weighted by Gasteiger charge is -2.35. The van der Waals surface area contributed by atoms with Crippen LogP contribution in [-0.2, 0) is 22.4 Å². The molecular formula is C19H22N6O3S. The lowest BCUT2D eigenvalue weighted by Crippen LogP contribution is -2.47. The average Bonchev–Trinajstić information content (AvgIpc) is 2.72. The molecule has 1 aromatic carbocycles. The van der Waals surface area contributed by atoms with Crippen molar-refractivity contribution in [3.8, 4) is 5.75 Å². The van der Waals surface area contributed by atoms with Gasteiger partial charge >= 0.3 is 0 Å². The number of nitrogens with one attached hydrogen (secondary N) is 1. The van der Waals surface area contributed by atoms with Crippen LogP contribution >= 0.6 is 0 Å². The molecule has 0 bridgehead atoms. The Kier molecular flexibility index (Phi) is 5.70. The Bertz CT molecular complexity index is 952. The summed E-state index contributed by atoms with van der Waals surface area (Å²) < 4.78 is 24.3. The fourth-order valence-corrected chi connectivity index (χ4v) is 4.27. The minimum absolute atomic E-state index is 0.00210. The fraction of sp³-hybridized carbons (Fsp3) is 0.368. The Morgan fingerprint density at radius 3 is 2.93 bits per heavy atom. The van der Waals surface area contributed by atoms with E-state index in [1.165, 1.54) is 0 Å². The fourth-order valence-electron chi connectivity index (χ4n) is 3.60. The second-order valence-corrected chi connectivity index (χ2v) is 7.78. The third-order valence-electron chi connectivity index (χ3n) is 4.97. The molecule has 4 rings (SSSR count). The summed E-state index contributed by atoms with van der Waals surface area (Å²) in [6, 6.07) is 7.06. The second kappa shape index (κ2) is 8.56. The molecule has 1 aromatic heterocycles. The minimum atomic E-state index is -1.59. The topological polar surface area (TPSA) is 123 Å². The molecule has 0 aliphatic carbocycles. The van der Waals surface area contributed by atoms with E-state index in [0.29, 0.717) is 36.0 Å². The Morgan fingerprint density at radius 2 is 2.10 bits per heavy atom. The molecule has 2 unspecified atom stereocenters. The van der Waals surface area contributed by atoms with E-state index in [4.69, 9.17) is 10.5 Å². The zero-order valence-electron chi connectivity index (χ0n) is 15.8. The first-order valence-electron chi connectivity index (χ1n) is 9.46. The Morgan fingerprint density at radius 1 is 1.28 bits per heavy atom. The van der Waals surface area contributed by atoms with Gasteiger partial charge in [-0.05, 0) is 37.5 Å². The zero-order chi connectivity index (χ0) is 20.2. The predicted molar refractivity (Wildman–Crippen MR) is 110 cm³/mol. The van der Waals surface area contributed by atoms with Gasteiger partial charge in [-0.25, -0.2) is 14.2 Å². The summed E-state index contributed by atoms with van der Waals surface area (Å²) >= 11 is -1.59. The lowest BCUT2D eigenvalue weighted by atomic mass is 10.0. The standard InChI is InChI=1S/C19H22N6O3S/c20-19-18-14(23-29(27)24-19)6-3-7-15(18)28-12-13-5-1-2-10-25(13)17(26)11-16-21-8-4-9-22-16/h3-4,6-9,13,23H,1-2,5,10-12H2,(H2,20,24). The van der Waals surface area contributed by atoms with Crippen LogP contribution in [0.2, 0.25) is 0 Å². The number of benzene rings is 1. The van der Waals surface area contributed by atoms with Gasteiger partial charge < -0.3 is 15.4 Å². The summed E-state index contributed by atoms with van der Waals surface area (Å²) in [6.45, 7) is 1.03. The second-order valence-electron chi connectivity index (χ2n) is 6.90. The molecule has 10 heteroatoms. The normalized spacial score (nSPS) is 21.0. The number of carbonyl (C=O) groups is 1. The van der Waals surface area contributed by atoms with Gasteiger partial charge in [-0.1, -0.05) is 6.07 Å². The monoisotopic (exact) mass is 414 g/mol. The Labute approximate surface area is 171 Å². The number of nitrogens with zero attached hydrogens (tertiary/aromatic N) is 4. The number of fused-ring (bicyclic) bond motifs is 1. The number of rotatable bonds is 5. The third kappa shape index (κ3) is 4.37. The Hall–Kier alpha value is -3.01. The first-order valence-corrected chi connectivity index (χ1v) is 10.6. The molecule has 2 aliphatic heterocycles. The number of piperidine rings is 1. The van der Waals surface area contributed by atoms with E-state index in [0.717, 1.165) is 19.3 Å². The maximum absolute atomic E-state index is 12.8. The summed E-state index contributed by atoms with van der Waals surface area (Å²) in [5, 5.41) is 0. The zero-order valence-corrected chi connectivity index (χ0v) is 16.6. The molecule has 3 heterocycles. The number of anilines is 1. The van der Waals surface area contributed by atoms with E-state index in [1.807, 2.05) is 4.90 Å². The first kappa shape index (κ1) is 19.3. The van der Waals surface area contributed by atoms with E-state index in [-0.39, 0.29) is 24.2 Å². The van der Waals surface area contributed by atoms with Crippen LogP contribution in [0.3, 0.4) is 0 Å². The van der Waals surface area contributed by atoms with Crippen LogP contribution in [0.1, 0.15) is 30.7 Å². The van der Waals surface area contributed by atoms with Gasteiger partial charge in [-0.15, -0.1) is 0 Å². The van der Waals surface area contributed by atoms with Crippen molar-refractivity contribution in [2.45, 2.75) is 31.7 Å². The maximum atomic E-state index is 12.8. The van der Waals surface area contributed by atoms with Crippen molar-refractivity contribution in [2.75, 3.05) is 17.9 Å². The van der Waals surface area contributed by atoms with Gasteiger partial charge in [0.05, 0.1) is 23.7 Å². The van der Waals surface area contributed by atoms with Crippen molar-refractivity contribution in [3.05, 3.63) is 48.0 Å². The number of amides is 1. The molecule has 1 fully saturated rings. The highest BCUT2D eigenvalue weighted by Gasteiger charge is 2.28. The van der Waals surface area contributed by atoms with E-state index in [2.05, 4.69) is 19.1 Å². The van der Waals surface area contributed by atoms with Crippen molar-refractivity contribution in [2.24, 2.45) is 10.1 Å². The molecule has 2 atom stereocenters. The number of amidine groups is 1. The number of hydrogen-bond donors (Lipinski definition) is 2. The largest absolute Gasteiger partial charge is 0.491 e. The quantitative estimate of drug-likeness (QED) is 0.758. The molecule has 0 spiro atoms. The van der Waals surface area contributed by atoms with Crippen LogP contribution in [0.15, 0.2) is 41.1 Å². The highest BCUT2D eigenvalue weighted by Crippen LogP contribution is 2.30. The van der Waals surface area contributed by atoms with Crippen LogP contribution in [0, 0.1) is 0 Å². The number of ether oxygens (including phenoxy) is 1. The maximum Gasteiger partial charge on any atom is 0.245 e. The summed E-state index contributed by atoms with van der Waals surface area (Å²) in [5.74, 6) is 1.24. The number of aromatic nitrogens is 2. The van der Waals surface area contributed by atoms with Crippen molar-refractivity contribution in [1.29, 1.82) is 0 Å². The van der Waals surface area contributed by atoms with Gasteiger partial charge in [0.2, 0.25) is 17.1 Å². The average molecular weight is 414 g/mol. The molecule has 152 valence electrons. The first-order chi connectivity index (χ1) is 14.1. The van der Waals surface area contributed by atoms with Gasteiger partial charge in [0.25, 0.3) is 0 Å². The van der Waals surface area contributed by atoms with Gasteiger partial charge in [0, 0.05) is 18.9 Å². The molecule has 29 heavy (non-hydrogen) atoms. The van der Waals surface area contributed by atoms with Crippen LogP contribution in [0.25, 0.3) is 0 Å². The van der Waals surface area contributed by atoms with Gasteiger partial charge in [-0.2, -0.15) is 4.40 Å². The van der Waals surface area contributed by atoms with E-state index in [9.17, 15) is 9.00 Å². The number of nitrogens with two attached hydrogens (primary N) is 1. The van der Waals surface area contributed by atoms with Crippen molar-refractivity contribution in [1.82, 2.24) is 14.9 Å². The number of carbonyl (C=O) groups excluding carboxylic acids is 1. The molecule has 1 amide bonds. The highest BCUT2D eigenvalue weighted by molar-refractivity contribution is 7.85. The van der Waals surface area contributed by atoms with Gasteiger partial charge in [0.1, 0.15) is 24.0 Å². The van der Waals surface area contributed by atoms with Gasteiger partial charge in [-0.3, -0.25) is 9.52 Å². The highest BCUT2D eigenvalue weighted by atomic mass is 32.2. The molecule has 0 saturated carbocycles. The molecule has 3 N–H and O–H groups in total. The van der Waals surface area contributed by atoms with Crippen LogP contribution < -0.4 is 15.2 Å². The Balaban J connectivity index is 1.46. The van der Waals surface area contributed by atoms with Crippen molar-refractivity contribution < 1.29 is 13.7 Å².